The van der Waals surface area contributed by atoms with Crippen molar-refractivity contribution in [2.24, 2.45) is 0 Å². The lowest BCUT2D eigenvalue weighted by atomic mass is 9.85. The first kappa shape index (κ1) is 26.6. The molecule has 0 aliphatic carbocycles. The number of hydrogen-bond donors (Lipinski definition) is 0. The van der Waals surface area contributed by atoms with Gasteiger partial charge in [0.25, 0.3) is 0 Å². The van der Waals surface area contributed by atoms with E-state index < -0.39 is 18.9 Å². The second-order valence-electron chi connectivity index (χ2n) is 9.95. The Balaban J connectivity index is 1.29. The van der Waals surface area contributed by atoms with Crippen LogP contribution < -0.4 is 10.2 Å². The Labute approximate surface area is 218 Å². The van der Waals surface area contributed by atoms with Crippen LogP contribution in [0.2, 0.25) is 0 Å². The molecule has 0 radical (unpaired) electrons. The second kappa shape index (κ2) is 11.0. The number of aromatic nitrogens is 1. The number of carbonyl (C=O) groups is 1. The molecule has 3 aliphatic heterocycles. The number of hydrogen-bond acceptors (Lipinski definition) is 6. The highest BCUT2D eigenvalue weighted by Gasteiger charge is 2.32. The number of rotatable bonds is 5. The number of likely N-dealkylation sites (tertiary alicyclic amines) is 1. The average Bonchev–Trinajstić information content (AvgIpc) is 2.92. The quantitative estimate of drug-likeness (QED) is 0.574. The van der Waals surface area contributed by atoms with Crippen LogP contribution in [0.25, 0.3) is 11.3 Å². The van der Waals surface area contributed by atoms with Gasteiger partial charge in [-0.3, -0.25) is 4.79 Å². The average molecular weight is 537 g/mol. The van der Waals surface area contributed by atoms with Gasteiger partial charge in [-0.1, -0.05) is 18.2 Å². The van der Waals surface area contributed by atoms with Crippen LogP contribution in [0.15, 0.2) is 29.1 Å². The van der Waals surface area contributed by atoms with Crippen LogP contribution in [0.4, 0.5) is 18.0 Å². The molecule has 0 spiro atoms. The molecule has 1 amide bonds. The zero-order chi connectivity index (χ0) is 26.9. The van der Waals surface area contributed by atoms with E-state index in [-0.39, 0.29) is 17.5 Å². The topological polar surface area (TPSA) is 79.2 Å². The van der Waals surface area contributed by atoms with E-state index >= 15 is 0 Å². The minimum absolute atomic E-state index is 0.0891. The highest BCUT2D eigenvalue weighted by molar-refractivity contribution is 5.70. The first-order valence-corrected chi connectivity index (χ1v) is 12.9. The number of pyridine rings is 1. The van der Waals surface area contributed by atoms with Gasteiger partial charge in [0.2, 0.25) is 0 Å². The summed E-state index contributed by atoms with van der Waals surface area (Å²) >= 11 is 0. The molecule has 2 saturated heterocycles. The van der Waals surface area contributed by atoms with Crippen molar-refractivity contribution in [1.82, 2.24) is 9.47 Å². The number of halogens is 3. The lowest BCUT2D eigenvalue weighted by Gasteiger charge is -2.32. The van der Waals surface area contributed by atoms with Crippen LogP contribution in [0.3, 0.4) is 0 Å². The molecule has 3 aliphatic rings. The Morgan fingerprint density at radius 2 is 1.92 bits per heavy atom. The monoisotopic (exact) mass is 536 g/mol. The fourth-order valence-corrected chi connectivity index (χ4v) is 5.40. The summed E-state index contributed by atoms with van der Waals surface area (Å²) < 4.78 is 60.6. The highest BCUT2D eigenvalue weighted by Crippen LogP contribution is 2.37. The molecule has 1 aromatic heterocycles. The number of carbonyl (C=O) groups excluding carboxylic acids is 1. The van der Waals surface area contributed by atoms with E-state index in [1.165, 1.54) is 11.0 Å². The predicted molar refractivity (Wildman–Crippen MR) is 132 cm³/mol. The van der Waals surface area contributed by atoms with Gasteiger partial charge in [-0.2, -0.15) is 13.2 Å². The van der Waals surface area contributed by atoms with Crippen LogP contribution >= 0.6 is 0 Å². The van der Waals surface area contributed by atoms with Crippen LogP contribution in [-0.2, 0) is 27.2 Å². The molecule has 0 bridgehead atoms. The van der Waals surface area contributed by atoms with Crippen molar-refractivity contribution in [2.45, 2.75) is 50.9 Å². The molecule has 0 saturated carbocycles. The van der Waals surface area contributed by atoms with Gasteiger partial charge in [0.05, 0.1) is 25.5 Å². The van der Waals surface area contributed by atoms with Gasteiger partial charge in [0.1, 0.15) is 12.7 Å². The number of piperidine rings is 1. The van der Waals surface area contributed by atoms with E-state index in [9.17, 15) is 22.8 Å². The summed E-state index contributed by atoms with van der Waals surface area (Å²) in [5.74, 6) is 0.703. The smallest absolute Gasteiger partial charge is 0.422 e. The minimum atomic E-state index is -4.54. The van der Waals surface area contributed by atoms with Crippen LogP contribution in [0, 0.1) is 6.92 Å². The summed E-state index contributed by atoms with van der Waals surface area (Å²) in [6.45, 7) is 3.45. The van der Waals surface area contributed by atoms with E-state index in [2.05, 4.69) is 10.8 Å². The fraction of sp³-hybridized carbons (Fsp3) is 0.556. The molecule has 0 unspecified atom stereocenters. The van der Waals surface area contributed by atoms with Gasteiger partial charge < -0.3 is 28.4 Å². The molecular formula is C27H31F3N2O6. The Bertz CT molecular complexity index is 1230. The number of ether oxygens (including phenoxy) is 4. The van der Waals surface area contributed by atoms with Crippen molar-refractivity contribution in [2.75, 3.05) is 46.1 Å². The highest BCUT2D eigenvalue weighted by atomic mass is 19.4. The molecule has 38 heavy (non-hydrogen) atoms. The molecule has 2 aromatic rings. The van der Waals surface area contributed by atoms with E-state index in [0.717, 1.165) is 28.8 Å². The third-order valence-corrected chi connectivity index (χ3v) is 7.39. The minimum Gasteiger partial charge on any atom is -0.476 e. The second-order valence-corrected chi connectivity index (χ2v) is 9.95. The van der Waals surface area contributed by atoms with E-state index in [1.54, 1.807) is 0 Å². The Hall–Kier alpha value is -3.05. The summed E-state index contributed by atoms with van der Waals surface area (Å²) in [6.07, 6.45) is -3.59. The first-order valence-electron chi connectivity index (χ1n) is 12.9. The SMILES string of the molecule is Cc1c2n(c(OC[C@@H]3COCCO3)cc1=O)CCc1cc(C3CCN(C(=O)OCC(F)(F)F)CC3)ccc1-2. The Kier molecular flexibility index (Phi) is 7.67. The molecule has 11 heteroatoms. The molecule has 206 valence electrons. The zero-order valence-electron chi connectivity index (χ0n) is 21.2. The van der Waals surface area contributed by atoms with Crippen LogP contribution in [-0.4, -0.2) is 74.0 Å². The molecule has 5 rings (SSSR count). The number of nitrogens with zero attached hydrogens (tertiary/aromatic N) is 2. The van der Waals surface area contributed by atoms with Crippen molar-refractivity contribution in [3.05, 3.63) is 51.2 Å². The summed E-state index contributed by atoms with van der Waals surface area (Å²) in [4.78, 5) is 26.1. The van der Waals surface area contributed by atoms with Crippen LogP contribution in [0.1, 0.15) is 35.4 Å². The third kappa shape index (κ3) is 5.83. The largest absolute Gasteiger partial charge is 0.476 e. The first-order chi connectivity index (χ1) is 18.2. The summed E-state index contributed by atoms with van der Waals surface area (Å²) in [7, 11) is 0. The Morgan fingerprint density at radius 1 is 1.13 bits per heavy atom. The van der Waals surface area contributed by atoms with Crippen molar-refractivity contribution >= 4 is 6.09 Å². The number of fused-ring (bicyclic) bond motifs is 3. The van der Waals surface area contributed by atoms with Gasteiger partial charge in [0, 0.05) is 36.8 Å². The van der Waals surface area contributed by atoms with Crippen LogP contribution in [0.5, 0.6) is 5.88 Å². The van der Waals surface area contributed by atoms with Gasteiger partial charge in [0.15, 0.2) is 17.9 Å². The van der Waals surface area contributed by atoms with Gasteiger partial charge in [-0.15, -0.1) is 0 Å². The van der Waals surface area contributed by atoms with Crippen molar-refractivity contribution in [1.29, 1.82) is 0 Å². The zero-order valence-corrected chi connectivity index (χ0v) is 21.2. The van der Waals surface area contributed by atoms with Crippen molar-refractivity contribution in [3.8, 4) is 17.1 Å². The fourth-order valence-electron chi connectivity index (χ4n) is 5.40. The van der Waals surface area contributed by atoms with E-state index in [0.29, 0.717) is 70.3 Å². The lowest BCUT2D eigenvalue weighted by Crippen LogP contribution is -2.39. The lowest BCUT2D eigenvalue weighted by molar-refractivity contribution is -0.162. The van der Waals surface area contributed by atoms with Crippen molar-refractivity contribution < 1.29 is 36.9 Å². The van der Waals surface area contributed by atoms with E-state index in [4.69, 9.17) is 14.2 Å². The molecule has 1 atom stereocenters. The molecular weight excluding hydrogens is 505 g/mol. The summed E-state index contributed by atoms with van der Waals surface area (Å²) in [5.41, 5.74) is 4.68. The number of amides is 1. The number of alkyl halides is 3. The van der Waals surface area contributed by atoms with E-state index in [1.807, 2.05) is 23.6 Å². The maximum atomic E-state index is 12.8. The van der Waals surface area contributed by atoms with Crippen molar-refractivity contribution in [3.63, 3.8) is 0 Å². The standard InChI is InChI=1S/C27H31F3N2O6/c1-17-23(33)13-24(37-15-21-14-35-10-11-36-21)32-9-6-20-12-19(2-3-22(20)25(17)32)18-4-7-31(8-5-18)26(34)38-16-27(28,29)30/h2-3,12-13,18,21H,4-11,14-16H2,1H3/t21-/m0/s1. The van der Waals surface area contributed by atoms with Gasteiger partial charge in [-0.05, 0) is 43.2 Å². The third-order valence-electron chi connectivity index (χ3n) is 7.39. The molecule has 0 N–H and O–H groups in total. The normalized spacial score (nSPS) is 20.0. The van der Waals surface area contributed by atoms with Gasteiger partial charge >= 0.3 is 12.3 Å². The predicted octanol–water partition coefficient (Wildman–Crippen LogP) is 4.05. The maximum Gasteiger partial charge on any atom is 0.422 e. The van der Waals surface area contributed by atoms with Gasteiger partial charge in [-0.25, -0.2) is 4.79 Å². The summed E-state index contributed by atoms with van der Waals surface area (Å²) in [6, 6.07) is 7.77. The number of aryl methyl sites for hydroxylation is 1. The molecule has 4 heterocycles. The maximum absolute atomic E-state index is 12.8. The molecule has 1 aromatic carbocycles. The molecule has 8 nitrogen and oxygen atoms in total. The summed E-state index contributed by atoms with van der Waals surface area (Å²) in [5, 5.41) is 0. The Morgan fingerprint density at radius 3 is 2.63 bits per heavy atom. The number of benzene rings is 1. The molecule has 2 fully saturated rings.